The van der Waals surface area contributed by atoms with Crippen molar-refractivity contribution < 1.29 is 0 Å². The smallest absolute Gasteiger partial charge is 0.154 e. The van der Waals surface area contributed by atoms with Crippen LogP contribution in [0.25, 0.3) is 0 Å². The lowest BCUT2D eigenvalue weighted by atomic mass is 10.3. The van der Waals surface area contributed by atoms with Gasteiger partial charge in [0.05, 0.1) is 5.69 Å². The molecule has 1 N–H and O–H groups in total. The predicted octanol–water partition coefficient (Wildman–Crippen LogP) is 3.23. The van der Waals surface area contributed by atoms with Gasteiger partial charge in [-0.15, -0.1) is 0 Å². The summed E-state index contributed by atoms with van der Waals surface area (Å²) in [6.45, 7) is 4.10. The number of anilines is 3. The second-order valence-corrected chi connectivity index (χ2v) is 5.65. The number of piperazine rings is 1. The van der Waals surface area contributed by atoms with Crippen molar-refractivity contribution in [2.75, 3.05) is 43.4 Å². The van der Waals surface area contributed by atoms with Gasteiger partial charge >= 0.3 is 0 Å². The Balaban J connectivity index is 1.74. The van der Waals surface area contributed by atoms with Gasteiger partial charge in [0, 0.05) is 31.9 Å². The first kappa shape index (κ1) is 14.2. The van der Waals surface area contributed by atoms with E-state index in [1.54, 1.807) is 0 Å². The minimum atomic E-state index is 0.510. The highest BCUT2D eigenvalue weighted by Gasteiger charge is 2.16. The Morgan fingerprint density at radius 3 is 2.38 bits per heavy atom. The van der Waals surface area contributed by atoms with Crippen LogP contribution in [0.4, 0.5) is 17.2 Å². The van der Waals surface area contributed by atoms with Gasteiger partial charge in [0.2, 0.25) is 0 Å². The molecule has 0 saturated carbocycles. The van der Waals surface area contributed by atoms with E-state index in [1.807, 2.05) is 42.5 Å². The van der Waals surface area contributed by atoms with E-state index in [9.17, 15) is 0 Å². The van der Waals surface area contributed by atoms with E-state index in [1.165, 1.54) is 0 Å². The average Bonchev–Trinajstić information content (AvgIpc) is 2.51. The van der Waals surface area contributed by atoms with Gasteiger partial charge < -0.3 is 15.1 Å². The number of pyridine rings is 1. The highest BCUT2D eigenvalue weighted by Crippen LogP contribution is 2.26. The van der Waals surface area contributed by atoms with Crippen LogP contribution in [0.2, 0.25) is 5.15 Å². The number of para-hydroxylation sites is 1. The molecule has 0 unspecified atom stereocenters. The number of likely N-dealkylation sites (N-methyl/N-ethyl adjacent to an activating group) is 1. The molecule has 1 aliphatic rings. The summed E-state index contributed by atoms with van der Waals surface area (Å²) >= 11 is 6.32. The first-order valence-electron chi connectivity index (χ1n) is 7.14. The molecule has 110 valence electrons. The summed E-state index contributed by atoms with van der Waals surface area (Å²) in [6.07, 6.45) is 0. The fraction of sp³-hybridized carbons (Fsp3) is 0.312. The Morgan fingerprint density at radius 1 is 1.00 bits per heavy atom. The number of nitrogens with one attached hydrogen (secondary N) is 1. The van der Waals surface area contributed by atoms with Crippen molar-refractivity contribution in [1.82, 2.24) is 9.88 Å². The van der Waals surface area contributed by atoms with Crippen LogP contribution in [-0.2, 0) is 0 Å². The van der Waals surface area contributed by atoms with Crippen LogP contribution in [0.15, 0.2) is 42.5 Å². The maximum absolute atomic E-state index is 6.32. The van der Waals surface area contributed by atoms with Gasteiger partial charge in [0.15, 0.2) is 5.15 Å². The largest absolute Gasteiger partial charge is 0.354 e. The number of hydrogen-bond acceptors (Lipinski definition) is 4. The third kappa shape index (κ3) is 3.46. The van der Waals surface area contributed by atoms with Gasteiger partial charge in [-0.25, -0.2) is 4.98 Å². The zero-order chi connectivity index (χ0) is 14.7. The molecular formula is C16H19ClN4. The van der Waals surface area contributed by atoms with Crippen LogP contribution in [0.5, 0.6) is 0 Å². The molecule has 1 fully saturated rings. The molecule has 2 aromatic rings. The van der Waals surface area contributed by atoms with E-state index in [4.69, 9.17) is 11.6 Å². The predicted molar refractivity (Wildman–Crippen MR) is 88.7 cm³/mol. The zero-order valence-corrected chi connectivity index (χ0v) is 12.8. The molecule has 3 rings (SSSR count). The third-order valence-corrected chi connectivity index (χ3v) is 4.00. The maximum atomic E-state index is 6.32. The maximum Gasteiger partial charge on any atom is 0.154 e. The molecule has 21 heavy (non-hydrogen) atoms. The minimum absolute atomic E-state index is 0.510. The van der Waals surface area contributed by atoms with Crippen LogP contribution in [0.3, 0.4) is 0 Å². The fourth-order valence-electron chi connectivity index (χ4n) is 2.41. The first-order chi connectivity index (χ1) is 10.2. The molecule has 1 aliphatic heterocycles. The quantitative estimate of drug-likeness (QED) is 0.882. The summed E-state index contributed by atoms with van der Waals surface area (Å²) in [5.41, 5.74) is 1.84. The molecule has 0 atom stereocenters. The number of aromatic nitrogens is 1. The van der Waals surface area contributed by atoms with Gasteiger partial charge in [0.25, 0.3) is 0 Å². The molecule has 0 radical (unpaired) electrons. The molecule has 5 heteroatoms. The number of hydrogen-bond donors (Lipinski definition) is 1. The Bertz CT molecular complexity index is 594. The normalized spacial score (nSPS) is 16.0. The van der Waals surface area contributed by atoms with Crippen LogP contribution >= 0.6 is 11.6 Å². The van der Waals surface area contributed by atoms with Gasteiger partial charge in [-0.2, -0.15) is 0 Å². The molecule has 1 saturated heterocycles. The standard InChI is InChI=1S/C16H19ClN4/c1-20-9-11-21(12-10-20)15-8-7-14(16(17)19-15)18-13-5-3-2-4-6-13/h2-8,18H,9-12H2,1H3. The number of halogens is 1. The Hall–Kier alpha value is -1.78. The van der Waals surface area contributed by atoms with E-state index in [0.717, 1.165) is 43.4 Å². The lowest BCUT2D eigenvalue weighted by molar-refractivity contribution is 0.312. The molecule has 1 aromatic heterocycles. The average molecular weight is 303 g/mol. The highest BCUT2D eigenvalue weighted by atomic mass is 35.5. The van der Waals surface area contributed by atoms with Crippen molar-refractivity contribution in [2.45, 2.75) is 0 Å². The van der Waals surface area contributed by atoms with E-state index in [0.29, 0.717) is 5.15 Å². The molecule has 4 nitrogen and oxygen atoms in total. The Morgan fingerprint density at radius 2 is 1.71 bits per heavy atom. The Labute approximate surface area is 130 Å². The molecular weight excluding hydrogens is 284 g/mol. The van der Waals surface area contributed by atoms with Crippen molar-refractivity contribution >= 4 is 28.8 Å². The number of rotatable bonds is 3. The van der Waals surface area contributed by atoms with Gasteiger partial charge in [-0.3, -0.25) is 0 Å². The van der Waals surface area contributed by atoms with Crippen molar-refractivity contribution in [3.63, 3.8) is 0 Å². The molecule has 0 spiro atoms. The lowest BCUT2D eigenvalue weighted by Crippen LogP contribution is -2.44. The van der Waals surface area contributed by atoms with Crippen LogP contribution < -0.4 is 10.2 Å². The van der Waals surface area contributed by atoms with E-state index in [2.05, 4.69) is 27.1 Å². The summed E-state index contributed by atoms with van der Waals surface area (Å²) in [7, 11) is 2.14. The van der Waals surface area contributed by atoms with Gasteiger partial charge in [0.1, 0.15) is 5.82 Å². The molecule has 2 heterocycles. The van der Waals surface area contributed by atoms with Crippen LogP contribution in [0.1, 0.15) is 0 Å². The summed E-state index contributed by atoms with van der Waals surface area (Å²) in [4.78, 5) is 9.13. The minimum Gasteiger partial charge on any atom is -0.354 e. The lowest BCUT2D eigenvalue weighted by Gasteiger charge is -2.33. The number of nitrogens with zero attached hydrogens (tertiary/aromatic N) is 3. The monoisotopic (exact) mass is 302 g/mol. The fourth-order valence-corrected chi connectivity index (χ4v) is 2.60. The van der Waals surface area contributed by atoms with Gasteiger partial charge in [-0.05, 0) is 31.3 Å². The molecule has 0 bridgehead atoms. The molecule has 1 aromatic carbocycles. The van der Waals surface area contributed by atoms with Crippen molar-refractivity contribution in [1.29, 1.82) is 0 Å². The second-order valence-electron chi connectivity index (χ2n) is 5.29. The third-order valence-electron chi connectivity index (χ3n) is 3.71. The van der Waals surface area contributed by atoms with E-state index in [-0.39, 0.29) is 0 Å². The van der Waals surface area contributed by atoms with Gasteiger partial charge in [-0.1, -0.05) is 29.8 Å². The first-order valence-corrected chi connectivity index (χ1v) is 7.52. The van der Waals surface area contributed by atoms with Crippen molar-refractivity contribution in [3.05, 3.63) is 47.6 Å². The topological polar surface area (TPSA) is 31.4 Å². The zero-order valence-electron chi connectivity index (χ0n) is 12.1. The Kier molecular flexibility index (Phi) is 4.27. The van der Waals surface area contributed by atoms with E-state index < -0.39 is 0 Å². The van der Waals surface area contributed by atoms with E-state index >= 15 is 0 Å². The van der Waals surface area contributed by atoms with Crippen LogP contribution in [0, 0.1) is 0 Å². The summed E-state index contributed by atoms with van der Waals surface area (Å²) in [6, 6.07) is 14.0. The summed E-state index contributed by atoms with van der Waals surface area (Å²) in [5.74, 6) is 0.951. The molecule has 0 aliphatic carbocycles. The summed E-state index contributed by atoms with van der Waals surface area (Å²) < 4.78 is 0. The summed E-state index contributed by atoms with van der Waals surface area (Å²) in [5, 5.41) is 3.80. The molecule has 0 amide bonds. The second kappa shape index (κ2) is 6.33. The van der Waals surface area contributed by atoms with Crippen molar-refractivity contribution in [3.8, 4) is 0 Å². The van der Waals surface area contributed by atoms with Crippen molar-refractivity contribution in [2.24, 2.45) is 0 Å². The SMILES string of the molecule is CN1CCN(c2ccc(Nc3ccccc3)c(Cl)n2)CC1. The highest BCUT2D eigenvalue weighted by molar-refractivity contribution is 6.32. The van der Waals surface area contributed by atoms with Crippen LogP contribution in [-0.4, -0.2) is 43.1 Å². The number of benzene rings is 1.